The summed E-state index contributed by atoms with van der Waals surface area (Å²) in [5, 5.41) is 22.0. The minimum Gasteiger partial charge on any atom is -0.504 e. The zero-order valence-corrected chi connectivity index (χ0v) is 20.3. The van der Waals surface area contributed by atoms with Gasteiger partial charge in [0.2, 0.25) is 5.78 Å². The molecule has 0 saturated carbocycles. The summed E-state index contributed by atoms with van der Waals surface area (Å²) in [5.74, 6) is -1.30. The van der Waals surface area contributed by atoms with E-state index in [0.29, 0.717) is 35.8 Å². The molecule has 2 heterocycles. The number of carbonyl (C=O) groups excluding carboxylic acids is 2. The Balaban J connectivity index is 1.64. The van der Waals surface area contributed by atoms with Crippen LogP contribution in [0.4, 0.5) is 5.69 Å². The first-order valence-electron chi connectivity index (χ1n) is 11.9. The van der Waals surface area contributed by atoms with E-state index < -0.39 is 23.5 Å². The highest BCUT2D eigenvalue weighted by Gasteiger charge is 2.45. The molecule has 0 fully saturated rings. The number of Topliss-reactive ketones (excluding diaryl/α,β-unsaturated/α-hetero) is 1. The number of benzene rings is 3. The smallest absolute Gasteiger partial charge is 0.294 e. The molecule has 1 unspecified atom stereocenters. The van der Waals surface area contributed by atoms with E-state index in [0.717, 1.165) is 5.39 Å². The quantitative estimate of drug-likeness (QED) is 0.299. The van der Waals surface area contributed by atoms with Crippen LogP contribution >= 0.6 is 0 Å². The normalized spacial score (nSPS) is 15.5. The van der Waals surface area contributed by atoms with Crippen molar-refractivity contribution >= 4 is 28.3 Å². The zero-order valence-electron chi connectivity index (χ0n) is 20.3. The highest BCUT2D eigenvalue weighted by Crippen LogP contribution is 2.44. The van der Waals surface area contributed by atoms with Gasteiger partial charge in [-0.2, -0.15) is 0 Å². The van der Waals surface area contributed by atoms with Crippen LogP contribution in [0.15, 0.2) is 88.5 Å². The van der Waals surface area contributed by atoms with Gasteiger partial charge in [-0.05, 0) is 67.9 Å². The summed E-state index contributed by atoms with van der Waals surface area (Å²) in [5.41, 5.74) is 1.29. The molecule has 3 aromatic carbocycles. The van der Waals surface area contributed by atoms with Gasteiger partial charge in [0, 0.05) is 11.1 Å². The number of para-hydroxylation sites is 1. The molecular weight excluding hydrogens is 474 g/mol. The Hall–Kier alpha value is -4.72. The number of furan rings is 1. The van der Waals surface area contributed by atoms with Crippen LogP contribution in [0.25, 0.3) is 11.0 Å². The van der Waals surface area contributed by atoms with Crippen LogP contribution in [0.5, 0.6) is 17.2 Å². The number of hydrogen-bond donors (Lipinski definition) is 2. The SMILES string of the molecule is CCOc1ccc(N2C(=O)C(O)=C(C(=O)c3cc4ccccc4o3)C2c2ccc(O)c(OCC)c2)cc1. The molecule has 0 saturated heterocycles. The molecule has 1 aliphatic heterocycles. The molecule has 2 N–H and O–H groups in total. The van der Waals surface area contributed by atoms with E-state index in [9.17, 15) is 19.8 Å². The van der Waals surface area contributed by atoms with Crippen LogP contribution < -0.4 is 14.4 Å². The summed E-state index contributed by atoms with van der Waals surface area (Å²) in [6, 6.07) is 19.1. The van der Waals surface area contributed by atoms with E-state index >= 15 is 0 Å². The minimum atomic E-state index is -1.01. The van der Waals surface area contributed by atoms with E-state index in [1.807, 2.05) is 19.1 Å². The van der Waals surface area contributed by atoms with Crippen LogP contribution in [0.3, 0.4) is 0 Å². The predicted molar refractivity (Wildman–Crippen MR) is 137 cm³/mol. The Morgan fingerprint density at radius 1 is 0.946 bits per heavy atom. The van der Waals surface area contributed by atoms with Gasteiger partial charge in [0.05, 0.1) is 24.8 Å². The van der Waals surface area contributed by atoms with Crippen LogP contribution in [0, 0.1) is 0 Å². The lowest BCUT2D eigenvalue weighted by atomic mass is 9.94. The number of fused-ring (bicyclic) bond motifs is 1. The van der Waals surface area contributed by atoms with Crippen LogP contribution in [-0.4, -0.2) is 35.1 Å². The molecule has 8 nitrogen and oxygen atoms in total. The van der Waals surface area contributed by atoms with Crippen molar-refractivity contribution in [2.75, 3.05) is 18.1 Å². The number of ketones is 1. The first-order chi connectivity index (χ1) is 17.9. The van der Waals surface area contributed by atoms with E-state index in [4.69, 9.17) is 13.9 Å². The number of rotatable bonds is 8. The maximum atomic E-state index is 13.8. The molecule has 1 atom stereocenters. The third-order valence-corrected chi connectivity index (χ3v) is 6.13. The standard InChI is InChI=1S/C29H25NO7/c1-3-35-20-12-10-19(11-13-20)30-26(18-9-14-21(31)23(16-18)36-4-2)25(28(33)29(30)34)27(32)24-15-17-7-5-6-8-22(17)37-24/h5-16,26,31,33H,3-4H2,1-2H3. The fourth-order valence-electron chi connectivity index (χ4n) is 4.49. The molecule has 4 aromatic rings. The van der Waals surface area contributed by atoms with Gasteiger partial charge in [0.25, 0.3) is 5.91 Å². The molecule has 1 amide bonds. The number of aromatic hydroxyl groups is 1. The molecule has 37 heavy (non-hydrogen) atoms. The Bertz CT molecular complexity index is 1480. The molecule has 0 aliphatic carbocycles. The van der Waals surface area contributed by atoms with Crippen molar-refractivity contribution in [3.63, 3.8) is 0 Å². The number of nitrogens with zero attached hydrogens (tertiary/aromatic N) is 1. The van der Waals surface area contributed by atoms with Crippen LogP contribution in [0.1, 0.15) is 36.0 Å². The van der Waals surface area contributed by atoms with E-state index in [-0.39, 0.29) is 22.8 Å². The van der Waals surface area contributed by atoms with E-state index in [1.54, 1.807) is 61.5 Å². The Morgan fingerprint density at radius 3 is 2.38 bits per heavy atom. The number of hydrogen-bond acceptors (Lipinski definition) is 7. The summed E-state index contributed by atoms with van der Waals surface area (Å²) in [7, 11) is 0. The fraction of sp³-hybridized carbons (Fsp3) is 0.172. The van der Waals surface area contributed by atoms with Crippen molar-refractivity contribution < 1.29 is 33.7 Å². The zero-order chi connectivity index (χ0) is 26.1. The summed E-state index contributed by atoms with van der Waals surface area (Å²) >= 11 is 0. The van der Waals surface area contributed by atoms with Gasteiger partial charge >= 0.3 is 0 Å². The van der Waals surface area contributed by atoms with Crippen molar-refractivity contribution in [2.45, 2.75) is 19.9 Å². The number of anilines is 1. The summed E-state index contributed by atoms with van der Waals surface area (Å²) in [6.45, 7) is 4.43. The number of aliphatic hydroxyl groups is 1. The summed E-state index contributed by atoms with van der Waals surface area (Å²) in [6.07, 6.45) is 0. The first kappa shape index (κ1) is 24.0. The van der Waals surface area contributed by atoms with Gasteiger partial charge in [0.1, 0.15) is 11.3 Å². The third-order valence-electron chi connectivity index (χ3n) is 6.13. The second kappa shape index (κ2) is 9.73. The molecule has 5 rings (SSSR count). The number of phenolic OH excluding ortho intramolecular Hbond substituents is 1. The van der Waals surface area contributed by atoms with Crippen molar-refractivity contribution in [1.29, 1.82) is 0 Å². The molecule has 188 valence electrons. The second-order valence-corrected chi connectivity index (χ2v) is 8.40. The maximum Gasteiger partial charge on any atom is 0.294 e. The van der Waals surface area contributed by atoms with Gasteiger partial charge in [-0.3, -0.25) is 14.5 Å². The van der Waals surface area contributed by atoms with Crippen molar-refractivity contribution in [3.8, 4) is 17.2 Å². The molecule has 1 aromatic heterocycles. The Labute approximate surface area is 213 Å². The molecular formula is C29H25NO7. The number of ether oxygens (including phenoxy) is 2. The molecule has 0 radical (unpaired) electrons. The number of carbonyl (C=O) groups is 2. The number of aliphatic hydroxyl groups excluding tert-OH is 1. The number of amides is 1. The van der Waals surface area contributed by atoms with Gasteiger partial charge in [0.15, 0.2) is 23.0 Å². The lowest BCUT2D eigenvalue weighted by Crippen LogP contribution is -2.31. The van der Waals surface area contributed by atoms with Crippen molar-refractivity contribution in [2.24, 2.45) is 0 Å². The monoisotopic (exact) mass is 499 g/mol. The van der Waals surface area contributed by atoms with Crippen molar-refractivity contribution in [3.05, 3.63) is 95.5 Å². The number of phenols is 1. The lowest BCUT2D eigenvalue weighted by Gasteiger charge is -2.27. The van der Waals surface area contributed by atoms with E-state index in [2.05, 4.69) is 0 Å². The average Bonchev–Trinajstić information content (AvgIpc) is 3.45. The molecule has 8 heteroatoms. The Kier molecular flexibility index (Phi) is 6.31. The lowest BCUT2D eigenvalue weighted by molar-refractivity contribution is -0.117. The molecule has 1 aliphatic rings. The van der Waals surface area contributed by atoms with E-state index in [1.165, 1.54) is 11.0 Å². The first-order valence-corrected chi connectivity index (χ1v) is 11.9. The van der Waals surface area contributed by atoms with Gasteiger partial charge in [-0.15, -0.1) is 0 Å². The van der Waals surface area contributed by atoms with Gasteiger partial charge in [-0.25, -0.2) is 0 Å². The van der Waals surface area contributed by atoms with Crippen LogP contribution in [-0.2, 0) is 4.79 Å². The van der Waals surface area contributed by atoms with Gasteiger partial charge in [-0.1, -0.05) is 24.3 Å². The average molecular weight is 500 g/mol. The van der Waals surface area contributed by atoms with Crippen molar-refractivity contribution in [1.82, 2.24) is 0 Å². The second-order valence-electron chi connectivity index (χ2n) is 8.40. The molecule has 0 spiro atoms. The minimum absolute atomic E-state index is 0.00194. The Morgan fingerprint density at radius 2 is 1.68 bits per heavy atom. The summed E-state index contributed by atoms with van der Waals surface area (Å²) < 4.78 is 16.8. The summed E-state index contributed by atoms with van der Waals surface area (Å²) in [4.78, 5) is 28.5. The highest BCUT2D eigenvalue weighted by molar-refractivity contribution is 6.20. The van der Waals surface area contributed by atoms with Crippen LogP contribution in [0.2, 0.25) is 0 Å². The third kappa shape index (κ3) is 4.27. The highest BCUT2D eigenvalue weighted by atomic mass is 16.5. The topological polar surface area (TPSA) is 109 Å². The van der Waals surface area contributed by atoms with Gasteiger partial charge < -0.3 is 24.1 Å². The largest absolute Gasteiger partial charge is 0.504 e. The fourth-order valence-corrected chi connectivity index (χ4v) is 4.49. The maximum absolute atomic E-state index is 13.8. The predicted octanol–water partition coefficient (Wildman–Crippen LogP) is 5.72. The molecule has 0 bridgehead atoms.